The Labute approximate surface area is 137 Å². The molecule has 23 heavy (non-hydrogen) atoms. The van der Waals surface area contributed by atoms with E-state index in [1.165, 1.54) is 0 Å². The van der Waals surface area contributed by atoms with Gasteiger partial charge in [-0.3, -0.25) is 4.79 Å². The lowest BCUT2D eigenvalue weighted by Gasteiger charge is -2.12. The topological polar surface area (TPSA) is 67.2 Å². The van der Waals surface area contributed by atoms with E-state index in [4.69, 9.17) is 4.98 Å². The number of aliphatic hydroxyl groups is 1. The highest BCUT2D eigenvalue weighted by Crippen LogP contribution is 2.18. The van der Waals surface area contributed by atoms with Crippen molar-refractivity contribution in [2.24, 2.45) is 5.92 Å². The van der Waals surface area contributed by atoms with Crippen LogP contribution in [0.25, 0.3) is 11.0 Å². The van der Waals surface area contributed by atoms with Crippen LogP contribution < -0.4 is 5.32 Å². The average Bonchev–Trinajstić information content (AvgIpc) is 2.83. The molecule has 0 radical (unpaired) electrons. The van der Waals surface area contributed by atoms with E-state index in [2.05, 4.69) is 29.8 Å². The molecule has 1 aromatic heterocycles. The maximum atomic E-state index is 11.7. The molecule has 2 rings (SSSR count). The zero-order chi connectivity index (χ0) is 16.8. The van der Waals surface area contributed by atoms with Gasteiger partial charge in [0, 0.05) is 25.9 Å². The second-order valence-corrected chi connectivity index (χ2v) is 6.51. The van der Waals surface area contributed by atoms with Crippen LogP contribution in [0.5, 0.6) is 0 Å². The molecule has 1 amide bonds. The molecule has 1 atom stereocenters. The second-order valence-electron chi connectivity index (χ2n) is 6.51. The molecule has 2 aromatic rings. The Hall–Kier alpha value is -1.88. The monoisotopic (exact) mass is 317 g/mol. The number of aromatic nitrogens is 2. The van der Waals surface area contributed by atoms with Crippen molar-refractivity contribution in [3.8, 4) is 0 Å². The smallest absolute Gasteiger partial charge is 0.220 e. The highest BCUT2D eigenvalue weighted by atomic mass is 16.3. The van der Waals surface area contributed by atoms with E-state index in [9.17, 15) is 9.90 Å². The summed E-state index contributed by atoms with van der Waals surface area (Å²) in [6.07, 6.45) is 1.13. The minimum atomic E-state index is -0.434. The molecule has 0 bridgehead atoms. The first kappa shape index (κ1) is 17.5. The lowest BCUT2D eigenvalue weighted by Crippen LogP contribution is -2.27. The van der Waals surface area contributed by atoms with Gasteiger partial charge in [-0.15, -0.1) is 0 Å². The average molecular weight is 317 g/mol. The quantitative estimate of drug-likeness (QED) is 0.786. The van der Waals surface area contributed by atoms with Crippen molar-refractivity contribution >= 4 is 16.9 Å². The van der Waals surface area contributed by atoms with E-state index in [0.29, 0.717) is 31.7 Å². The number of benzene rings is 1. The van der Waals surface area contributed by atoms with Crippen molar-refractivity contribution in [3.63, 3.8) is 0 Å². The molecule has 0 saturated heterocycles. The Morgan fingerprint density at radius 2 is 2.04 bits per heavy atom. The van der Waals surface area contributed by atoms with Crippen molar-refractivity contribution in [1.82, 2.24) is 14.9 Å². The Morgan fingerprint density at radius 3 is 2.74 bits per heavy atom. The number of imidazole rings is 1. The normalized spacial score (nSPS) is 12.7. The maximum Gasteiger partial charge on any atom is 0.220 e. The first-order chi connectivity index (χ1) is 11.0. The number of fused-ring (bicyclic) bond motifs is 1. The number of hydrogen-bond acceptors (Lipinski definition) is 3. The third kappa shape index (κ3) is 5.06. The molecule has 0 fully saturated rings. The van der Waals surface area contributed by atoms with Crippen molar-refractivity contribution in [3.05, 3.63) is 30.1 Å². The van der Waals surface area contributed by atoms with Crippen molar-refractivity contribution in [2.75, 3.05) is 6.54 Å². The first-order valence-corrected chi connectivity index (χ1v) is 8.36. The number of carbonyl (C=O) groups is 1. The van der Waals surface area contributed by atoms with Gasteiger partial charge in [0.05, 0.1) is 17.1 Å². The van der Waals surface area contributed by atoms with Crippen molar-refractivity contribution in [2.45, 2.75) is 52.7 Å². The zero-order valence-corrected chi connectivity index (χ0v) is 14.2. The van der Waals surface area contributed by atoms with Crippen LogP contribution in [-0.2, 0) is 17.8 Å². The Kier molecular flexibility index (Phi) is 6.16. The number of hydrogen-bond donors (Lipinski definition) is 2. The van der Waals surface area contributed by atoms with E-state index in [-0.39, 0.29) is 5.91 Å². The Balaban J connectivity index is 2.00. The molecule has 1 heterocycles. The molecular formula is C18H27N3O2. The highest BCUT2D eigenvalue weighted by molar-refractivity contribution is 5.76. The SMILES string of the molecule is CC(C)Cn1c(CCNC(=O)CC[C@@H](C)O)nc2ccccc21. The summed E-state index contributed by atoms with van der Waals surface area (Å²) in [5, 5.41) is 12.1. The fourth-order valence-electron chi connectivity index (χ4n) is 2.63. The van der Waals surface area contributed by atoms with Crippen LogP contribution in [-0.4, -0.2) is 33.2 Å². The zero-order valence-electron chi connectivity index (χ0n) is 14.2. The van der Waals surface area contributed by atoms with Crippen molar-refractivity contribution < 1.29 is 9.90 Å². The molecule has 0 aliphatic rings. The van der Waals surface area contributed by atoms with Gasteiger partial charge in [0.25, 0.3) is 0 Å². The van der Waals surface area contributed by atoms with Gasteiger partial charge < -0.3 is 15.0 Å². The molecule has 5 nitrogen and oxygen atoms in total. The summed E-state index contributed by atoms with van der Waals surface area (Å²) < 4.78 is 2.25. The number of nitrogens with zero attached hydrogens (tertiary/aromatic N) is 2. The third-order valence-electron chi connectivity index (χ3n) is 3.74. The summed E-state index contributed by atoms with van der Waals surface area (Å²) in [5.41, 5.74) is 2.15. The molecule has 126 valence electrons. The second kappa shape index (κ2) is 8.11. The first-order valence-electron chi connectivity index (χ1n) is 8.36. The van der Waals surface area contributed by atoms with E-state index in [0.717, 1.165) is 23.4 Å². The summed E-state index contributed by atoms with van der Waals surface area (Å²) >= 11 is 0. The van der Waals surface area contributed by atoms with Gasteiger partial charge in [0.1, 0.15) is 5.82 Å². The summed E-state index contributed by atoms with van der Waals surface area (Å²) in [6.45, 7) is 7.57. The number of para-hydroxylation sites is 2. The Bertz CT molecular complexity index is 647. The van der Waals surface area contributed by atoms with Gasteiger partial charge in [0.2, 0.25) is 5.91 Å². The van der Waals surface area contributed by atoms with Crippen LogP contribution in [0.3, 0.4) is 0 Å². The maximum absolute atomic E-state index is 11.7. The third-order valence-corrected chi connectivity index (χ3v) is 3.74. The van der Waals surface area contributed by atoms with Crippen LogP contribution in [0, 0.1) is 5.92 Å². The predicted molar refractivity (Wildman–Crippen MR) is 92.2 cm³/mol. The van der Waals surface area contributed by atoms with Gasteiger partial charge in [-0.25, -0.2) is 4.98 Å². The number of rotatable bonds is 8. The Morgan fingerprint density at radius 1 is 1.30 bits per heavy atom. The minimum Gasteiger partial charge on any atom is -0.393 e. The fraction of sp³-hybridized carbons (Fsp3) is 0.556. The van der Waals surface area contributed by atoms with Gasteiger partial charge >= 0.3 is 0 Å². The molecule has 5 heteroatoms. The molecule has 0 aliphatic heterocycles. The van der Waals surface area contributed by atoms with Gasteiger partial charge in [0.15, 0.2) is 0 Å². The molecule has 2 N–H and O–H groups in total. The fourth-order valence-corrected chi connectivity index (χ4v) is 2.63. The summed E-state index contributed by atoms with van der Waals surface area (Å²) in [7, 11) is 0. The van der Waals surface area contributed by atoms with Crippen molar-refractivity contribution in [1.29, 1.82) is 0 Å². The molecule has 0 saturated carbocycles. The largest absolute Gasteiger partial charge is 0.393 e. The lowest BCUT2D eigenvalue weighted by atomic mass is 10.2. The standard InChI is InChI=1S/C18H27N3O2/c1-13(2)12-21-16-7-5-4-6-15(16)20-17(21)10-11-19-18(23)9-8-14(3)22/h4-7,13-14,22H,8-12H2,1-3H3,(H,19,23)/t14-/m1/s1. The van der Waals surface area contributed by atoms with Gasteiger partial charge in [-0.2, -0.15) is 0 Å². The molecule has 0 spiro atoms. The van der Waals surface area contributed by atoms with E-state index in [1.54, 1.807) is 6.92 Å². The van der Waals surface area contributed by atoms with Crippen LogP contribution in [0.4, 0.5) is 0 Å². The van der Waals surface area contributed by atoms with E-state index in [1.807, 2.05) is 18.2 Å². The van der Waals surface area contributed by atoms with Crippen LogP contribution >= 0.6 is 0 Å². The number of carbonyl (C=O) groups excluding carboxylic acids is 1. The summed E-state index contributed by atoms with van der Waals surface area (Å²) in [4.78, 5) is 16.4. The molecular weight excluding hydrogens is 290 g/mol. The van der Waals surface area contributed by atoms with Crippen LogP contribution in [0.15, 0.2) is 24.3 Å². The number of nitrogens with one attached hydrogen (secondary N) is 1. The number of aliphatic hydroxyl groups excluding tert-OH is 1. The number of amides is 1. The van der Waals surface area contributed by atoms with Gasteiger partial charge in [-0.05, 0) is 31.4 Å². The summed E-state index contributed by atoms with van der Waals surface area (Å²) in [5.74, 6) is 1.53. The van der Waals surface area contributed by atoms with Gasteiger partial charge in [-0.1, -0.05) is 26.0 Å². The van der Waals surface area contributed by atoms with Crippen LogP contribution in [0.2, 0.25) is 0 Å². The molecule has 0 aliphatic carbocycles. The molecule has 1 aromatic carbocycles. The highest BCUT2D eigenvalue weighted by Gasteiger charge is 2.12. The predicted octanol–water partition coefficient (Wildman–Crippen LogP) is 2.51. The summed E-state index contributed by atoms with van der Waals surface area (Å²) in [6, 6.07) is 8.14. The molecule has 0 unspecified atom stereocenters. The minimum absolute atomic E-state index is 0.0163. The lowest BCUT2D eigenvalue weighted by molar-refractivity contribution is -0.121. The van der Waals surface area contributed by atoms with E-state index < -0.39 is 6.10 Å². The van der Waals surface area contributed by atoms with E-state index >= 15 is 0 Å². The van der Waals surface area contributed by atoms with Crippen LogP contribution in [0.1, 0.15) is 39.4 Å².